The highest BCUT2D eigenvalue weighted by Crippen LogP contribution is 2.25. The van der Waals surface area contributed by atoms with Gasteiger partial charge in [-0.2, -0.15) is 0 Å². The van der Waals surface area contributed by atoms with Gasteiger partial charge in [0.25, 0.3) is 0 Å². The van der Waals surface area contributed by atoms with Gasteiger partial charge in [0.2, 0.25) is 0 Å². The van der Waals surface area contributed by atoms with Crippen LogP contribution < -0.4 is 4.74 Å². The van der Waals surface area contributed by atoms with Crippen molar-refractivity contribution in [3.63, 3.8) is 0 Å². The molecule has 4 nitrogen and oxygen atoms in total. The molecule has 4 heteroatoms. The van der Waals surface area contributed by atoms with E-state index < -0.39 is 0 Å². The van der Waals surface area contributed by atoms with E-state index >= 15 is 0 Å². The standard InChI is InChI=1S/C12H17NO.C8H9NO.C2H6/c1-12(2,3)10-6-9-8-14-5-4-11(9)13-7-10;1-4-8-7(9-5-1)3-2-6-10-8;1-2/h6-7H,4-5,8H2,1-3H3;1,4-5H,2-3,6H2;1-2H3. The Morgan fingerprint density at radius 1 is 1.00 bits per heavy atom. The van der Waals surface area contributed by atoms with E-state index in [1.54, 1.807) is 0 Å². The van der Waals surface area contributed by atoms with Crippen LogP contribution in [0.3, 0.4) is 0 Å². The molecule has 2 aliphatic heterocycles. The summed E-state index contributed by atoms with van der Waals surface area (Å²) in [6.07, 6.45) is 6.94. The Labute approximate surface area is 158 Å². The normalized spacial score (nSPS) is 15.1. The molecule has 0 radical (unpaired) electrons. The average Bonchev–Trinajstić information content (AvgIpc) is 2.69. The van der Waals surface area contributed by atoms with Gasteiger partial charge in [-0.25, -0.2) is 0 Å². The molecule has 0 N–H and O–H groups in total. The first-order valence-electron chi connectivity index (χ1n) is 9.67. The van der Waals surface area contributed by atoms with Crippen molar-refractivity contribution < 1.29 is 9.47 Å². The van der Waals surface area contributed by atoms with Crippen molar-refractivity contribution in [2.45, 2.75) is 65.9 Å². The third-order valence-electron chi connectivity index (χ3n) is 4.33. The Balaban J connectivity index is 0.000000178. The second kappa shape index (κ2) is 9.67. The summed E-state index contributed by atoms with van der Waals surface area (Å²) in [5, 5.41) is 0. The van der Waals surface area contributed by atoms with Crippen LogP contribution in [0.1, 0.15) is 63.6 Å². The number of ether oxygens (including phenoxy) is 2. The average molecular weight is 357 g/mol. The zero-order valence-electron chi connectivity index (χ0n) is 16.8. The molecule has 0 unspecified atom stereocenters. The number of hydrogen-bond donors (Lipinski definition) is 0. The molecule has 0 aliphatic carbocycles. The van der Waals surface area contributed by atoms with Gasteiger partial charge in [0.05, 0.1) is 25.5 Å². The van der Waals surface area contributed by atoms with E-state index in [0.717, 1.165) is 50.5 Å². The lowest BCUT2D eigenvalue weighted by Gasteiger charge is -2.22. The van der Waals surface area contributed by atoms with E-state index in [0.29, 0.717) is 0 Å². The molecule has 0 saturated carbocycles. The van der Waals surface area contributed by atoms with Crippen LogP contribution in [-0.2, 0) is 29.6 Å². The molecule has 0 bridgehead atoms. The lowest BCUT2D eigenvalue weighted by molar-refractivity contribution is 0.109. The fraction of sp³-hybridized carbons (Fsp3) is 0.545. The molecule has 0 fully saturated rings. The van der Waals surface area contributed by atoms with Crippen LogP contribution in [0.2, 0.25) is 0 Å². The lowest BCUT2D eigenvalue weighted by Crippen LogP contribution is -2.16. The van der Waals surface area contributed by atoms with Crippen molar-refractivity contribution in [2.75, 3.05) is 13.2 Å². The minimum Gasteiger partial charge on any atom is -0.492 e. The fourth-order valence-electron chi connectivity index (χ4n) is 2.81. The number of nitrogens with zero attached hydrogens (tertiary/aromatic N) is 2. The third-order valence-corrected chi connectivity index (χ3v) is 4.33. The molecular formula is C22H32N2O2. The molecule has 0 spiro atoms. The number of pyridine rings is 2. The number of rotatable bonds is 0. The maximum absolute atomic E-state index is 5.42. The summed E-state index contributed by atoms with van der Waals surface area (Å²) in [4.78, 5) is 8.70. The maximum Gasteiger partial charge on any atom is 0.140 e. The molecule has 2 aliphatic rings. The van der Waals surface area contributed by atoms with Gasteiger partial charge >= 0.3 is 0 Å². The molecule has 0 atom stereocenters. The first kappa shape index (κ1) is 20.4. The number of fused-ring (bicyclic) bond motifs is 2. The molecule has 4 rings (SSSR count). The molecule has 0 saturated heterocycles. The Bertz CT molecular complexity index is 668. The molecule has 0 amide bonds. The maximum atomic E-state index is 5.42. The smallest absolute Gasteiger partial charge is 0.140 e. The lowest BCUT2D eigenvalue weighted by atomic mass is 9.87. The van der Waals surface area contributed by atoms with Gasteiger partial charge in [-0.1, -0.05) is 34.6 Å². The molecular weight excluding hydrogens is 324 g/mol. The minimum absolute atomic E-state index is 0.180. The Morgan fingerprint density at radius 2 is 1.81 bits per heavy atom. The molecule has 4 heterocycles. The van der Waals surface area contributed by atoms with E-state index in [9.17, 15) is 0 Å². The zero-order chi connectivity index (χ0) is 19.0. The van der Waals surface area contributed by atoms with Crippen LogP contribution in [0.5, 0.6) is 5.75 Å². The first-order valence-corrected chi connectivity index (χ1v) is 9.67. The Morgan fingerprint density at radius 3 is 2.54 bits per heavy atom. The van der Waals surface area contributed by atoms with E-state index in [1.807, 2.05) is 38.4 Å². The summed E-state index contributed by atoms with van der Waals surface area (Å²) in [6.45, 7) is 13.0. The Hall–Kier alpha value is -1.94. The van der Waals surface area contributed by atoms with Gasteiger partial charge in [-0.15, -0.1) is 0 Å². The second-order valence-electron chi connectivity index (χ2n) is 7.28. The predicted octanol–water partition coefficient (Wildman–Crippen LogP) is 4.88. The summed E-state index contributed by atoms with van der Waals surface area (Å²) >= 11 is 0. The molecule has 2 aromatic rings. The highest BCUT2D eigenvalue weighted by molar-refractivity contribution is 5.30. The van der Waals surface area contributed by atoms with Crippen LogP contribution >= 0.6 is 0 Å². The van der Waals surface area contributed by atoms with Crippen molar-refractivity contribution in [1.82, 2.24) is 9.97 Å². The van der Waals surface area contributed by atoms with Crippen LogP contribution in [-0.4, -0.2) is 23.2 Å². The Kier molecular flexibility index (Phi) is 7.58. The van der Waals surface area contributed by atoms with E-state index in [2.05, 4.69) is 36.8 Å². The number of aryl methyl sites for hydroxylation is 1. The summed E-state index contributed by atoms with van der Waals surface area (Å²) in [5.74, 6) is 0.966. The van der Waals surface area contributed by atoms with Gasteiger partial charge in [0.15, 0.2) is 0 Å². The monoisotopic (exact) mass is 356 g/mol. The summed E-state index contributed by atoms with van der Waals surface area (Å²) in [5.41, 5.74) is 5.06. The topological polar surface area (TPSA) is 44.2 Å². The van der Waals surface area contributed by atoms with E-state index in [4.69, 9.17) is 9.47 Å². The zero-order valence-corrected chi connectivity index (χ0v) is 16.8. The highest BCUT2D eigenvalue weighted by Gasteiger charge is 2.18. The van der Waals surface area contributed by atoms with Crippen molar-refractivity contribution in [3.05, 3.63) is 53.1 Å². The van der Waals surface area contributed by atoms with Crippen molar-refractivity contribution in [2.24, 2.45) is 0 Å². The highest BCUT2D eigenvalue weighted by atomic mass is 16.5. The summed E-state index contributed by atoms with van der Waals surface area (Å²) in [6, 6.07) is 6.12. The van der Waals surface area contributed by atoms with Crippen molar-refractivity contribution in [3.8, 4) is 5.75 Å². The number of hydrogen-bond acceptors (Lipinski definition) is 4. The summed E-state index contributed by atoms with van der Waals surface area (Å²) in [7, 11) is 0. The van der Waals surface area contributed by atoms with Gasteiger partial charge in [0.1, 0.15) is 5.75 Å². The predicted molar refractivity (Wildman–Crippen MR) is 106 cm³/mol. The fourth-order valence-corrected chi connectivity index (χ4v) is 2.81. The van der Waals surface area contributed by atoms with Crippen molar-refractivity contribution >= 4 is 0 Å². The van der Waals surface area contributed by atoms with Gasteiger partial charge in [0, 0.05) is 24.5 Å². The largest absolute Gasteiger partial charge is 0.492 e. The minimum atomic E-state index is 0.180. The van der Waals surface area contributed by atoms with Gasteiger partial charge < -0.3 is 9.47 Å². The van der Waals surface area contributed by atoms with Crippen LogP contribution in [0.4, 0.5) is 0 Å². The third kappa shape index (κ3) is 5.53. The number of aromatic nitrogens is 2. The first-order chi connectivity index (χ1) is 12.5. The molecule has 142 valence electrons. The van der Waals surface area contributed by atoms with Gasteiger partial charge in [-0.3, -0.25) is 9.97 Å². The SMILES string of the molecule is CC.CC(C)(C)c1cnc2c(c1)COCC2.c1cnc2c(c1)OCCC2. The second-order valence-corrected chi connectivity index (χ2v) is 7.28. The van der Waals surface area contributed by atoms with Crippen LogP contribution in [0, 0.1) is 0 Å². The molecule has 0 aromatic carbocycles. The van der Waals surface area contributed by atoms with Gasteiger partial charge in [-0.05, 0) is 47.6 Å². The van der Waals surface area contributed by atoms with E-state index in [1.165, 1.54) is 16.8 Å². The summed E-state index contributed by atoms with van der Waals surface area (Å²) < 4.78 is 10.8. The van der Waals surface area contributed by atoms with Crippen LogP contribution in [0.25, 0.3) is 0 Å². The molecule has 2 aromatic heterocycles. The molecule has 26 heavy (non-hydrogen) atoms. The van der Waals surface area contributed by atoms with Crippen molar-refractivity contribution in [1.29, 1.82) is 0 Å². The van der Waals surface area contributed by atoms with E-state index in [-0.39, 0.29) is 5.41 Å². The van der Waals surface area contributed by atoms with Crippen LogP contribution in [0.15, 0.2) is 30.6 Å². The quantitative estimate of drug-likeness (QED) is 0.674.